The lowest BCUT2D eigenvalue weighted by Crippen LogP contribution is -2.22. The van der Waals surface area contributed by atoms with Crippen molar-refractivity contribution < 1.29 is 10.2 Å². The third-order valence-corrected chi connectivity index (χ3v) is 3.69. The largest absolute Gasteiger partial charge is 0.508 e. The van der Waals surface area contributed by atoms with Crippen molar-refractivity contribution in [1.82, 2.24) is 5.32 Å². The van der Waals surface area contributed by atoms with E-state index in [1.165, 1.54) is 12.1 Å². The Morgan fingerprint density at radius 3 is 2.30 bits per heavy atom. The highest BCUT2D eigenvalue weighted by molar-refractivity contribution is 6.31. The van der Waals surface area contributed by atoms with Crippen LogP contribution in [0, 0.1) is 0 Å². The van der Waals surface area contributed by atoms with E-state index in [1.54, 1.807) is 6.07 Å². The van der Waals surface area contributed by atoms with E-state index in [1.807, 2.05) is 38.1 Å². The molecule has 0 fully saturated rings. The van der Waals surface area contributed by atoms with Crippen molar-refractivity contribution >= 4 is 11.6 Å². The zero-order chi connectivity index (χ0) is 14.7. The summed E-state index contributed by atoms with van der Waals surface area (Å²) in [5.41, 5.74) is 1.66. The van der Waals surface area contributed by atoms with Crippen molar-refractivity contribution in [2.75, 3.05) is 0 Å². The van der Waals surface area contributed by atoms with Crippen LogP contribution in [0.25, 0.3) is 0 Å². The molecule has 2 rings (SSSR count). The minimum atomic E-state index is -0.117. The van der Waals surface area contributed by atoms with Crippen LogP contribution in [-0.4, -0.2) is 10.2 Å². The summed E-state index contributed by atoms with van der Waals surface area (Å²) >= 11 is 6.18. The molecule has 0 saturated heterocycles. The third kappa shape index (κ3) is 3.24. The molecular formula is C16H18ClNO2. The Morgan fingerprint density at radius 1 is 0.950 bits per heavy atom. The first kappa shape index (κ1) is 14.7. The van der Waals surface area contributed by atoms with Gasteiger partial charge in [0.2, 0.25) is 0 Å². The Bertz CT molecular complexity index is 601. The minimum Gasteiger partial charge on any atom is -0.508 e. The van der Waals surface area contributed by atoms with Gasteiger partial charge in [-0.25, -0.2) is 0 Å². The van der Waals surface area contributed by atoms with Crippen LogP contribution in [0.2, 0.25) is 5.02 Å². The molecule has 3 nitrogen and oxygen atoms in total. The van der Waals surface area contributed by atoms with E-state index < -0.39 is 0 Å². The molecule has 2 aromatic carbocycles. The summed E-state index contributed by atoms with van der Waals surface area (Å²) in [5, 5.41) is 23.5. The van der Waals surface area contributed by atoms with E-state index in [2.05, 4.69) is 5.32 Å². The number of nitrogens with one attached hydrogen (secondary N) is 1. The maximum absolute atomic E-state index is 9.87. The molecule has 1 unspecified atom stereocenters. The maximum atomic E-state index is 9.87. The van der Waals surface area contributed by atoms with Gasteiger partial charge in [0.15, 0.2) is 0 Å². The van der Waals surface area contributed by atoms with Crippen LogP contribution in [0.4, 0.5) is 0 Å². The lowest BCUT2D eigenvalue weighted by molar-refractivity contribution is 0.429. The van der Waals surface area contributed by atoms with Crippen LogP contribution in [-0.2, 0) is 0 Å². The monoisotopic (exact) mass is 291 g/mol. The summed E-state index contributed by atoms with van der Waals surface area (Å²) in [6, 6.07) is 12.1. The van der Waals surface area contributed by atoms with Crippen LogP contribution in [0.15, 0.2) is 42.5 Å². The van der Waals surface area contributed by atoms with E-state index in [4.69, 9.17) is 11.6 Å². The predicted molar refractivity (Wildman–Crippen MR) is 81.2 cm³/mol. The topological polar surface area (TPSA) is 52.5 Å². The second-order valence-corrected chi connectivity index (χ2v) is 5.28. The van der Waals surface area contributed by atoms with Gasteiger partial charge in [0.1, 0.15) is 11.5 Å². The molecule has 0 spiro atoms. The van der Waals surface area contributed by atoms with E-state index in [9.17, 15) is 10.2 Å². The van der Waals surface area contributed by atoms with Crippen molar-refractivity contribution in [3.8, 4) is 11.5 Å². The minimum absolute atomic E-state index is 0.0282. The fraction of sp³-hybridized carbons (Fsp3) is 0.250. The summed E-state index contributed by atoms with van der Waals surface area (Å²) < 4.78 is 0. The average Bonchev–Trinajstić information content (AvgIpc) is 2.41. The summed E-state index contributed by atoms with van der Waals surface area (Å²) in [5.74, 6) is 0.297. The first-order valence-corrected chi connectivity index (χ1v) is 6.89. The molecule has 0 bridgehead atoms. The number of aromatic hydroxyl groups is 2. The normalized spacial score (nSPS) is 13.9. The Hall–Kier alpha value is -1.71. The van der Waals surface area contributed by atoms with Gasteiger partial charge in [0.05, 0.1) is 0 Å². The average molecular weight is 292 g/mol. The molecule has 2 atom stereocenters. The van der Waals surface area contributed by atoms with Crippen LogP contribution >= 0.6 is 11.6 Å². The highest BCUT2D eigenvalue weighted by atomic mass is 35.5. The van der Waals surface area contributed by atoms with E-state index in [0.717, 1.165) is 5.56 Å². The molecule has 0 radical (unpaired) electrons. The molecule has 20 heavy (non-hydrogen) atoms. The SMILES string of the molecule is CC(N[C@@H](C)c1ccccc1Cl)c1cc(O)ccc1O. The molecule has 0 aromatic heterocycles. The number of rotatable bonds is 4. The smallest absolute Gasteiger partial charge is 0.120 e. The zero-order valence-corrected chi connectivity index (χ0v) is 12.2. The predicted octanol–water partition coefficient (Wildman–Crippen LogP) is 4.16. The number of hydrogen-bond donors (Lipinski definition) is 3. The molecule has 0 amide bonds. The molecule has 0 aliphatic heterocycles. The van der Waals surface area contributed by atoms with Gasteiger partial charge in [-0.05, 0) is 43.7 Å². The van der Waals surface area contributed by atoms with Gasteiger partial charge in [0, 0.05) is 22.7 Å². The Balaban J connectivity index is 2.17. The standard InChI is InChI=1S/C16H18ClNO2/c1-10(13-5-3-4-6-15(13)17)18-11(2)14-9-12(19)7-8-16(14)20/h3-11,18-20H,1-2H3/t10-,11?/m0/s1. The van der Waals surface area contributed by atoms with Crippen molar-refractivity contribution in [3.63, 3.8) is 0 Å². The van der Waals surface area contributed by atoms with Crippen molar-refractivity contribution in [3.05, 3.63) is 58.6 Å². The Morgan fingerprint density at radius 2 is 1.60 bits per heavy atom. The third-order valence-electron chi connectivity index (χ3n) is 3.35. The molecule has 4 heteroatoms. The summed E-state index contributed by atoms with van der Waals surface area (Å²) in [7, 11) is 0. The first-order chi connectivity index (χ1) is 9.49. The summed E-state index contributed by atoms with van der Waals surface area (Å²) in [6.07, 6.45) is 0. The highest BCUT2D eigenvalue weighted by Crippen LogP contribution is 2.30. The van der Waals surface area contributed by atoms with Gasteiger partial charge < -0.3 is 15.5 Å². The van der Waals surface area contributed by atoms with E-state index >= 15 is 0 Å². The van der Waals surface area contributed by atoms with Crippen LogP contribution in [0.1, 0.15) is 37.1 Å². The number of phenols is 2. The van der Waals surface area contributed by atoms with Gasteiger partial charge in [-0.1, -0.05) is 29.8 Å². The number of phenolic OH excluding ortho intramolecular Hbond substituents is 2. The maximum Gasteiger partial charge on any atom is 0.120 e. The Kier molecular flexibility index (Phi) is 4.53. The summed E-state index contributed by atoms with van der Waals surface area (Å²) in [6.45, 7) is 3.94. The van der Waals surface area contributed by atoms with Gasteiger partial charge in [-0.3, -0.25) is 0 Å². The molecule has 0 aliphatic carbocycles. The number of benzene rings is 2. The molecule has 106 valence electrons. The summed E-state index contributed by atoms with van der Waals surface area (Å²) in [4.78, 5) is 0. The second-order valence-electron chi connectivity index (χ2n) is 4.87. The van der Waals surface area contributed by atoms with Crippen LogP contribution in [0.3, 0.4) is 0 Å². The molecule has 0 heterocycles. The van der Waals surface area contributed by atoms with Gasteiger partial charge >= 0.3 is 0 Å². The van der Waals surface area contributed by atoms with Gasteiger partial charge in [0.25, 0.3) is 0 Å². The number of halogens is 1. The van der Waals surface area contributed by atoms with Crippen molar-refractivity contribution in [1.29, 1.82) is 0 Å². The van der Waals surface area contributed by atoms with Gasteiger partial charge in [-0.2, -0.15) is 0 Å². The zero-order valence-electron chi connectivity index (χ0n) is 11.5. The van der Waals surface area contributed by atoms with E-state index in [0.29, 0.717) is 10.6 Å². The molecular weight excluding hydrogens is 274 g/mol. The lowest BCUT2D eigenvalue weighted by Gasteiger charge is -2.22. The highest BCUT2D eigenvalue weighted by Gasteiger charge is 2.16. The molecule has 2 aromatic rings. The molecule has 0 aliphatic rings. The van der Waals surface area contributed by atoms with Crippen molar-refractivity contribution in [2.24, 2.45) is 0 Å². The fourth-order valence-corrected chi connectivity index (χ4v) is 2.57. The van der Waals surface area contributed by atoms with Crippen LogP contribution < -0.4 is 5.32 Å². The van der Waals surface area contributed by atoms with Gasteiger partial charge in [-0.15, -0.1) is 0 Å². The van der Waals surface area contributed by atoms with Crippen molar-refractivity contribution in [2.45, 2.75) is 25.9 Å². The van der Waals surface area contributed by atoms with E-state index in [-0.39, 0.29) is 23.6 Å². The quantitative estimate of drug-likeness (QED) is 0.741. The fourth-order valence-electron chi connectivity index (χ4n) is 2.27. The van der Waals surface area contributed by atoms with Crippen LogP contribution in [0.5, 0.6) is 11.5 Å². The molecule has 3 N–H and O–H groups in total. The number of hydrogen-bond acceptors (Lipinski definition) is 3. The first-order valence-electron chi connectivity index (χ1n) is 6.51. The lowest BCUT2D eigenvalue weighted by atomic mass is 10.0. The Labute approximate surface area is 123 Å². The molecule has 0 saturated carbocycles. The second kappa shape index (κ2) is 6.16.